The largest absolute Gasteiger partial charge is 0.466 e. The van der Waals surface area contributed by atoms with E-state index in [9.17, 15) is 14.9 Å². The Morgan fingerprint density at radius 2 is 1.94 bits per heavy atom. The van der Waals surface area contributed by atoms with Gasteiger partial charge in [-0.2, -0.15) is 0 Å². The van der Waals surface area contributed by atoms with Crippen LogP contribution >= 0.6 is 0 Å². The molecule has 0 aliphatic heterocycles. The summed E-state index contributed by atoms with van der Waals surface area (Å²) in [4.78, 5) is 21.2. The van der Waals surface area contributed by atoms with Crippen LogP contribution in [-0.2, 0) is 9.53 Å². The molecule has 1 fully saturated rings. The van der Waals surface area contributed by atoms with Crippen LogP contribution in [0, 0.1) is 27.4 Å². The second-order valence-corrected chi connectivity index (χ2v) is 5.44. The summed E-state index contributed by atoms with van der Waals surface area (Å²) >= 11 is 0. The normalized spacial score (nSPS) is 32.4. The molecule has 5 nitrogen and oxygen atoms in total. The summed E-state index contributed by atoms with van der Waals surface area (Å²) in [7, 11) is 0. The average Bonchev–Trinajstić information content (AvgIpc) is 2.40. The molecule has 0 bridgehead atoms. The lowest BCUT2D eigenvalue weighted by atomic mass is 9.82. The maximum Gasteiger partial charge on any atom is 0.302 e. The van der Waals surface area contributed by atoms with E-state index in [2.05, 4.69) is 13.8 Å². The first-order valence-corrected chi connectivity index (χ1v) is 6.10. The van der Waals surface area contributed by atoms with E-state index < -0.39 is 0 Å². The maximum absolute atomic E-state index is 10.8. The molecule has 0 aromatic rings. The van der Waals surface area contributed by atoms with Crippen molar-refractivity contribution in [1.29, 1.82) is 0 Å². The highest BCUT2D eigenvalue weighted by molar-refractivity contribution is 5.65. The van der Waals surface area contributed by atoms with E-state index in [4.69, 9.17) is 4.74 Å². The zero-order valence-electron chi connectivity index (χ0n) is 10.8. The highest BCUT2D eigenvalue weighted by atomic mass is 16.6. The van der Waals surface area contributed by atoms with Gasteiger partial charge in [-0.15, -0.1) is 0 Å². The second kappa shape index (κ2) is 5.47. The minimum Gasteiger partial charge on any atom is -0.466 e. The molecule has 5 heteroatoms. The number of hydrogen-bond acceptors (Lipinski definition) is 4. The molecule has 2 unspecified atom stereocenters. The third-order valence-corrected chi connectivity index (χ3v) is 3.88. The van der Waals surface area contributed by atoms with Crippen molar-refractivity contribution >= 4 is 5.97 Å². The molecule has 0 heterocycles. The first-order valence-electron chi connectivity index (χ1n) is 6.10. The van der Waals surface area contributed by atoms with Gasteiger partial charge in [-0.25, -0.2) is 0 Å². The molecule has 1 saturated carbocycles. The highest BCUT2D eigenvalue weighted by Gasteiger charge is 2.45. The lowest BCUT2D eigenvalue weighted by Gasteiger charge is -2.24. The summed E-state index contributed by atoms with van der Waals surface area (Å²) in [5.41, 5.74) is -0.280. The van der Waals surface area contributed by atoms with E-state index in [0.717, 1.165) is 12.8 Å². The first kappa shape index (κ1) is 13.9. The maximum atomic E-state index is 10.8. The number of hydrogen-bond donors (Lipinski definition) is 0. The summed E-state index contributed by atoms with van der Waals surface area (Å²) in [5, 5.41) is 10.8. The predicted molar refractivity (Wildman–Crippen MR) is 63.1 cm³/mol. The molecular weight excluding hydrogens is 222 g/mol. The fourth-order valence-electron chi connectivity index (χ4n) is 2.95. The molecular formula is C12H21NO4. The number of nitrogens with zero attached hydrogens (tertiary/aromatic N) is 1. The molecule has 1 aliphatic rings. The van der Waals surface area contributed by atoms with Gasteiger partial charge >= 0.3 is 5.97 Å². The van der Waals surface area contributed by atoms with E-state index >= 15 is 0 Å². The fraction of sp³-hybridized carbons (Fsp3) is 0.917. The first-order chi connectivity index (χ1) is 7.84. The van der Waals surface area contributed by atoms with Gasteiger partial charge < -0.3 is 4.74 Å². The lowest BCUT2D eigenvalue weighted by Crippen LogP contribution is -2.29. The van der Waals surface area contributed by atoms with Crippen LogP contribution < -0.4 is 0 Å². The standard InChI is InChI=1S/C12H21NO4/c1-9-6-12(7-10(9)2,8-13(15)16)4-5-17-11(3)14/h9-10H,4-8H2,1-3H3. The van der Waals surface area contributed by atoms with Crippen molar-refractivity contribution in [2.45, 2.75) is 40.0 Å². The molecule has 98 valence electrons. The zero-order chi connectivity index (χ0) is 13.1. The molecule has 1 aliphatic carbocycles. The molecule has 1 rings (SSSR count). The van der Waals surface area contributed by atoms with Crippen LogP contribution in [0.2, 0.25) is 0 Å². The highest BCUT2D eigenvalue weighted by Crippen LogP contribution is 2.47. The number of carbonyl (C=O) groups excluding carboxylic acids is 1. The number of ether oxygens (including phenoxy) is 1. The Morgan fingerprint density at radius 1 is 1.41 bits per heavy atom. The van der Waals surface area contributed by atoms with Crippen molar-refractivity contribution in [3.8, 4) is 0 Å². The summed E-state index contributed by atoms with van der Waals surface area (Å²) in [6, 6.07) is 0. The molecule has 0 spiro atoms. The zero-order valence-corrected chi connectivity index (χ0v) is 10.8. The minimum atomic E-state index is -0.319. The van der Waals surface area contributed by atoms with E-state index in [1.807, 2.05) is 0 Å². The van der Waals surface area contributed by atoms with Crippen LogP contribution in [0.5, 0.6) is 0 Å². The van der Waals surface area contributed by atoms with Gasteiger partial charge in [0.15, 0.2) is 0 Å². The van der Waals surface area contributed by atoms with Crippen LogP contribution in [0.1, 0.15) is 40.0 Å². The Morgan fingerprint density at radius 3 is 2.35 bits per heavy atom. The van der Waals surface area contributed by atoms with Crippen molar-refractivity contribution in [1.82, 2.24) is 0 Å². The molecule has 0 N–H and O–H groups in total. The Bertz CT molecular complexity index is 293. The van der Waals surface area contributed by atoms with Gasteiger partial charge in [0.05, 0.1) is 6.61 Å². The van der Waals surface area contributed by atoms with E-state index in [1.165, 1.54) is 6.92 Å². The van der Waals surface area contributed by atoms with Crippen LogP contribution in [0.25, 0.3) is 0 Å². The van der Waals surface area contributed by atoms with Crippen LogP contribution in [0.15, 0.2) is 0 Å². The van der Waals surface area contributed by atoms with Gasteiger partial charge in [-0.05, 0) is 31.1 Å². The fourth-order valence-corrected chi connectivity index (χ4v) is 2.95. The lowest BCUT2D eigenvalue weighted by molar-refractivity contribution is -0.498. The van der Waals surface area contributed by atoms with E-state index in [-0.39, 0.29) is 22.9 Å². The molecule has 17 heavy (non-hydrogen) atoms. The number of esters is 1. The van der Waals surface area contributed by atoms with Crippen molar-refractivity contribution in [3.05, 3.63) is 10.1 Å². The third kappa shape index (κ3) is 3.98. The Labute approximate surface area is 102 Å². The number of carbonyl (C=O) groups is 1. The predicted octanol–water partition coefficient (Wildman–Crippen LogP) is 2.27. The molecule has 0 radical (unpaired) electrons. The van der Waals surface area contributed by atoms with Gasteiger partial charge in [0, 0.05) is 17.3 Å². The number of nitro groups is 1. The molecule has 0 aromatic carbocycles. The Hall–Kier alpha value is -1.13. The van der Waals surface area contributed by atoms with Gasteiger partial charge in [0.1, 0.15) is 0 Å². The summed E-state index contributed by atoms with van der Waals surface area (Å²) in [6.45, 7) is 5.92. The van der Waals surface area contributed by atoms with Crippen molar-refractivity contribution in [3.63, 3.8) is 0 Å². The van der Waals surface area contributed by atoms with E-state index in [0.29, 0.717) is 24.9 Å². The molecule has 0 saturated heterocycles. The Kier molecular flexibility index (Phi) is 4.48. The molecule has 2 atom stereocenters. The smallest absolute Gasteiger partial charge is 0.302 e. The summed E-state index contributed by atoms with van der Waals surface area (Å²) in [5.74, 6) is 0.694. The van der Waals surface area contributed by atoms with Crippen LogP contribution in [0.4, 0.5) is 0 Å². The minimum absolute atomic E-state index is 0.0110. The third-order valence-electron chi connectivity index (χ3n) is 3.88. The molecule has 0 amide bonds. The van der Waals surface area contributed by atoms with E-state index in [1.54, 1.807) is 0 Å². The van der Waals surface area contributed by atoms with Gasteiger partial charge in [0.25, 0.3) is 0 Å². The van der Waals surface area contributed by atoms with Gasteiger partial charge in [-0.1, -0.05) is 13.8 Å². The topological polar surface area (TPSA) is 69.4 Å². The summed E-state index contributed by atoms with van der Waals surface area (Å²) < 4.78 is 4.92. The Balaban J connectivity index is 2.60. The SMILES string of the molecule is CC(=O)OCCC1(C[N+](=O)[O-])CC(C)C(C)C1. The van der Waals surface area contributed by atoms with Crippen molar-refractivity contribution in [2.75, 3.05) is 13.2 Å². The second-order valence-electron chi connectivity index (χ2n) is 5.44. The van der Waals surface area contributed by atoms with Crippen LogP contribution in [0.3, 0.4) is 0 Å². The number of rotatable bonds is 5. The average molecular weight is 243 g/mol. The quantitative estimate of drug-likeness (QED) is 0.422. The van der Waals surface area contributed by atoms with Crippen LogP contribution in [-0.4, -0.2) is 24.0 Å². The monoisotopic (exact) mass is 243 g/mol. The van der Waals surface area contributed by atoms with Crippen molar-refractivity contribution < 1.29 is 14.5 Å². The molecule has 0 aromatic heterocycles. The van der Waals surface area contributed by atoms with Gasteiger partial charge in [-0.3, -0.25) is 14.9 Å². The summed E-state index contributed by atoms with van der Waals surface area (Å²) in [6.07, 6.45) is 2.31. The van der Waals surface area contributed by atoms with Gasteiger partial charge in [0.2, 0.25) is 6.54 Å². The van der Waals surface area contributed by atoms with Crippen molar-refractivity contribution in [2.24, 2.45) is 17.3 Å².